The van der Waals surface area contributed by atoms with Gasteiger partial charge in [0.05, 0.1) is 29.2 Å². The first kappa shape index (κ1) is 16.6. The molecule has 1 N–H and O–H groups in total. The Morgan fingerprint density at radius 3 is 2.67 bits per heavy atom. The number of rotatable bonds is 3. The van der Waals surface area contributed by atoms with E-state index in [1.807, 2.05) is 6.07 Å². The summed E-state index contributed by atoms with van der Waals surface area (Å²) in [7, 11) is 3.41. The molecule has 3 heterocycles. The van der Waals surface area contributed by atoms with Gasteiger partial charge in [-0.15, -0.1) is 5.10 Å². The fraction of sp³-hybridized carbons (Fsp3) is 0.105. The number of fused-ring (bicyclic) bond motifs is 1. The van der Waals surface area contributed by atoms with Crippen molar-refractivity contribution < 1.29 is 4.79 Å². The number of amides is 1. The number of H-pyrrole nitrogens is 1. The van der Waals surface area contributed by atoms with E-state index in [0.29, 0.717) is 22.3 Å². The van der Waals surface area contributed by atoms with Crippen molar-refractivity contribution >= 4 is 16.8 Å². The van der Waals surface area contributed by atoms with Gasteiger partial charge in [-0.1, -0.05) is 5.21 Å². The van der Waals surface area contributed by atoms with Crippen LogP contribution >= 0.6 is 0 Å². The predicted octanol–water partition coefficient (Wildman–Crippen LogP) is 1.87. The molecule has 8 nitrogen and oxygen atoms in total. The van der Waals surface area contributed by atoms with E-state index in [0.717, 1.165) is 11.1 Å². The van der Waals surface area contributed by atoms with Crippen molar-refractivity contribution in [1.82, 2.24) is 29.9 Å². The lowest BCUT2D eigenvalue weighted by Gasteiger charge is -2.10. The zero-order valence-corrected chi connectivity index (χ0v) is 14.7. The molecule has 0 fully saturated rings. The van der Waals surface area contributed by atoms with Gasteiger partial charge in [0.25, 0.3) is 11.5 Å². The van der Waals surface area contributed by atoms with E-state index in [4.69, 9.17) is 0 Å². The Morgan fingerprint density at radius 1 is 1.15 bits per heavy atom. The molecular formula is C19H16N6O2. The first-order valence-electron chi connectivity index (χ1n) is 8.25. The third-order valence-electron chi connectivity index (χ3n) is 4.20. The molecule has 4 rings (SSSR count). The molecule has 0 atom stereocenters. The highest BCUT2D eigenvalue weighted by Crippen LogP contribution is 2.18. The molecule has 0 unspecified atom stereocenters. The third-order valence-corrected chi connectivity index (χ3v) is 4.20. The van der Waals surface area contributed by atoms with Gasteiger partial charge in [0, 0.05) is 31.2 Å². The maximum absolute atomic E-state index is 12.4. The predicted molar refractivity (Wildman–Crippen MR) is 101 cm³/mol. The number of nitrogens with zero attached hydrogens (tertiary/aromatic N) is 5. The summed E-state index contributed by atoms with van der Waals surface area (Å²) in [5.74, 6) is -0.0713. The van der Waals surface area contributed by atoms with Gasteiger partial charge >= 0.3 is 0 Å². The number of hydrogen-bond acceptors (Lipinski definition) is 5. The topological polar surface area (TPSA) is 96.8 Å². The minimum atomic E-state index is -0.255. The van der Waals surface area contributed by atoms with Gasteiger partial charge < -0.3 is 9.88 Å². The lowest BCUT2D eigenvalue weighted by atomic mass is 10.1. The van der Waals surface area contributed by atoms with Crippen LogP contribution in [0.1, 0.15) is 10.4 Å². The maximum atomic E-state index is 12.4. The molecule has 27 heavy (non-hydrogen) atoms. The second-order valence-corrected chi connectivity index (χ2v) is 6.27. The van der Waals surface area contributed by atoms with Crippen molar-refractivity contribution in [2.45, 2.75) is 0 Å². The second kappa shape index (κ2) is 6.49. The highest BCUT2D eigenvalue weighted by Gasteiger charge is 2.12. The summed E-state index contributed by atoms with van der Waals surface area (Å²) in [5.41, 5.74) is 2.63. The molecule has 0 aliphatic rings. The second-order valence-electron chi connectivity index (χ2n) is 6.27. The van der Waals surface area contributed by atoms with Crippen LogP contribution in [0, 0.1) is 0 Å². The van der Waals surface area contributed by atoms with E-state index in [9.17, 15) is 9.59 Å². The first-order chi connectivity index (χ1) is 13.0. The fourth-order valence-electron chi connectivity index (χ4n) is 2.76. The van der Waals surface area contributed by atoms with Crippen LogP contribution in [0.25, 0.3) is 27.8 Å². The van der Waals surface area contributed by atoms with Crippen molar-refractivity contribution in [3.8, 4) is 16.9 Å². The highest BCUT2D eigenvalue weighted by atomic mass is 16.2. The third kappa shape index (κ3) is 3.08. The molecule has 4 aromatic rings. The van der Waals surface area contributed by atoms with E-state index in [1.54, 1.807) is 67.7 Å². The van der Waals surface area contributed by atoms with Crippen LogP contribution in [0.4, 0.5) is 0 Å². The monoisotopic (exact) mass is 360 g/mol. The zero-order valence-electron chi connectivity index (χ0n) is 14.7. The minimum Gasteiger partial charge on any atom is -0.345 e. The van der Waals surface area contributed by atoms with Crippen molar-refractivity contribution in [1.29, 1.82) is 0 Å². The molecule has 0 bridgehead atoms. The average Bonchev–Trinajstić information content (AvgIpc) is 3.17. The lowest BCUT2D eigenvalue weighted by molar-refractivity contribution is 0.0827. The van der Waals surface area contributed by atoms with Crippen molar-refractivity contribution in [2.24, 2.45) is 0 Å². The van der Waals surface area contributed by atoms with E-state index < -0.39 is 0 Å². The van der Waals surface area contributed by atoms with E-state index in [1.165, 1.54) is 4.90 Å². The number of aromatic nitrogens is 5. The number of hydrogen-bond donors (Lipinski definition) is 1. The van der Waals surface area contributed by atoms with Gasteiger partial charge in [0.1, 0.15) is 5.69 Å². The van der Waals surface area contributed by atoms with Crippen LogP contribution in [-0.4, -0.2) is 49.9 Å². The SMILES string of the molecule is CN(C)C(=O)c1ccc(-n2cc(-c3cc4ccncc4[nH]c3=O)nn2)cc1. The molecular weight excluding hydrogens is 344 g/mol. The van der Waals surface area contributed by atoms with Gasteiger partial charge in [-0.05, 0) is 36.4 Å². The maximum Gasteiger partial charge on any atom is 0.258 e. The molecule has 0 spiro atoms. The fourth-order valence-corrected chi connectivity index (χ4v) is 2.76. The molecule has 1 aromatic carbocycles. The molecule has 1 amide bonds. The first-order valence-corrected chi connectivity index (χ1v) is 8.25. The number of benzene rings is 1. The number of pyridine rings is 2. The van der Waals surface area contributed by atoms with Crippen molar-refractivity contribution in [2.75, 3.05) is 14.1 Å². The summed E-state index contributed by atoms with van der Waals surface area (Å²) in [4.78, 5) is 32.7. The zero-order chi connectivity index (χ0) is 19.0. The smallest absolute Gasteiger partial charge is 0.258 e. The quantitative estimate of drug-likeness (QED) is 0.602. The standard InChI is InChI=1S/C19H16N6O2/c1-24(2)19(27)12-3-5-14(6-4-12)25-11-17(22-23-25)15-9-13-7-8-20-10-16(13)21-18(15)26/h3-11H,1-2H3,(H,21,26). The van der Waals surface area contributed by atoms with Crippen LogP contribution in [0.5, 0.6) is 0 Å². The van der Waals surface area contributed by atoms with E-state index >= 15 is 0 Å². The molecule has 0 aliphatic heterocycles. The van der Waals surface area contributed by atoms with Crippen LogP contribution in [-0.2, 0) is 0 Å². The summed E-state index contributed by atoms with van der Waals surface area (Å²) < 4.78 is 1.56. The summed E-state index contributed by atoms with van der Waals surface area (Å²) in [6.45, 7) is 0. The molecule has 0 saturated carbocycles. The van der Waals surface area contributed by atoms with Crippen LogP contribution in [0.2, 0.25) is 0 Å². The van der Waals surface area contributed by atoms with Gasteiger partial charge in [-0.2, -0.15) is 0 Å². The molecule has 3 aromatic heterocycles. The number of carbonyl (C=O) groups is 1. The number of carbonyl (C=O) groups excluding carboxylic acids is 1. The molecule has 0 saturated heterocycles. The van der Waals surface area contributed by atoms with Gasteiger partial charge in [0.15, 0.2) is 0 Å². The Hall–Kier alpha value is -3.81. The van der Waals surface area contributed by atoms with Crippen molar-refractivity contribution in [3.63, 3.8) is 0 Å². The minimum absolute atomic E-state index is 0.0713. The largest absolute Gasteiger partial charge is 0.345 e. The highest BCUT2D eigenvalue weighted by molar-refractivity contribution is 5.94. The molecule has 8 heteroatoms. The van der Waals surface area contributed by atoms with Crippen LogP contribution < -0.4 is 5.56 Å². The lowest BCUT2D eigenvalue weighted by Crippen LogP contribution is -2.21. The summed E-state index contributed by atoms with van der Waals surface area (Å²) in [6, 6.07) is 10.6. The summed E-state index contributed by atoms with van der Waals surface area (Å²) in [5, 5.41) is 9.08. The normalized spacial score (nSPS) is 10.9. The Morgan fingerprint density at radius 2 is 1.93 bits per heavy atom. The van der Waals surface area contributed by atoms with Crippen molar-refractivity contribution in [3.05, 3.63) is 70.9 Å². The molecule has 0 aliphatic carbocycles. The Labute approximate surface area is 154 Å². The molecule has 0 radical (unpaired) electrons. The Balaban J connectivity index is 1.69. The van der Waals surface area contributed by atoms with Gasteiger partial charge in [-0.25, -0.2) is 4.68 Å². The summed E-state index contributed by atoms with van der Waals surface area (Å²) in [6.07, 6.45) is 4.95. The molecule has 134 valence electrons. The Bertz CT molecular complexity index is 1190. The Kier molecular flexibility index (Phi) is 4.00. The van der Waals surface area contributed by atoms with Gasteiger partial charge in [0.2, 0.25) is 0 Å². The van der Waals surface area contributed by atoms with Crippen LogP contribution in [0.15, 0.2) is 59.8 Å². The van der Waals surface area contributed by atoms with E-state index in [2.05, 4.69) is 20.3 Å². The summed E-state index contributed by atoms with van der Waals surface area (Å²) >= 11 is 0. The number of aromatic amines is 1. The van der Waals surface area contributed by atoms with Crippen LogP contribution in [0.3, 0.4) is 0 Å². The number of nitrogens with one attached hydrogen (secondary N) is 1. The van der Waals surface area contributed by atoms with Gasteiger partial charge in [-0.3, -0.25) is 14.6 Å². The van der Waals surface area contributed by atoms with E-state index in [-0.39, 0.29) is 11.5 Å². The average molecular weight is 360 g/mol.